The largest absolute Gasteiger partial charge is 0.476 e. The number of aryl methyl sites for hydroxylation is 3. The molecule has 0 aliphatic carbocycles. The number of carboxylic acid groups (broad SMARTS) is 1. The lowest BCUT2D eigenvalue weighted by molar-refractivity contribution is 0.0688. The van der Waals surface area contributed by atoms with E-state index in [-0.39, 0.29) is 18.8 Å². The molecule has 0 fully saturated rings. The first-order valence-corrected chi connectivity index (χ1v) is 9.12. The standard InChI is InChI=1S/C18H20BrN3O4/c1-11-6-12(2)8-13(7-11)10-26-18(25)21-4-3-5-22-14(9-21)15(19)16(20-22)17(23)24/h6-8H,3-5,9-10H2,1-2H3,(H,23,24). The number of ether oxygens (including phenoxy) is 1. The maximum atomic E-state index is 12.5. The second-order valence-electron chi connectivity index (χ2n) is 6.46. The molecule has 2 heterocycles. The number of aromatic carboxylic acids is 1. The Labute approximate surface area is 159 Å². The summed E-state index contributed by atoms with van der Waals surface area (Å²) >= 11 is 3.30. The van der Waals surface area contributed by atoms with E-state index in [9.17, 15) is 14.7 Å². The number of fused-ring (bicyclic) bond motifs is 1. The number of amides is 1. The SMILES string of the molecule is Cc1cc(C)cc(COC(=O)N2CCCn3nc(C(=O)O)c(Br)c3C2)c1. The first kappa shape index (κ1) is 18.4. The van der Waals surface area contributed by atoms with Crippen molar-refractivity contribution in [1.82, 2.24) is 14.7 Å². The normalized spacial score (nSPS) is 13.9. The van der Waals surface area contributed by atoms with E-state index >= 15 is 0 Å². The van der Waals surface area contributed by atoms with Gasteiger partial charge < -0.3 is 14.7 Å². The fourth-order valence-electron chi connectivity index (χ4n) is 3.16. The molecular formula is C18H20BrN3O4. The van der Waals surface area contributed by atoms with E-state index in [1.165, 1.54) is 0 Å². The number of nitrogens with zero attached hydrogens (tertiary/aromatic N) is 3. The molecule has 0 atom stereocenters. The molecular weight excluding hydrogens is 402 g/mol. The summed E-state index contributed by atoms with van der Waals surface area (Å²) in [6, 6.07) is 6.06. The molecule has 0 spiro atoms. The van der Waals surface area contributed by atoms with Crippen molar-refractivity contribution in [3.8, 4) is 0 Å². The third-order valence-electron chi connectivity index (χ3n) is 4.24. The highest BCUT2D eigenvalue weighted by atomic mass is 79.9. The lowest BCUT2D eigenvalue weighted by Gasteiger charge is -2.20. The van der Waals surface area contributed by atoms with Gasteiger partial charge in [-0.25, -0.2) is 9.59 Å². The molecule has 0 saturated carbocycles. The molecule has 3 rings (SSSR count). The zero-order valence-electron chi connectivity index (χ0n) is 14.7. The van der Waals surface area contributed by atoms with Crippen LogP contribution >= 0.6 is 15.9 Å². The molecule has 1 amide bonds. The molecule has 2 aromatic rings. The van der Waals surface area contributed by atoms with Gasteiger partial charge in [-0.2, -0.15) is 5.10 Å². The molecule has 0 unspecified atom stereocenters. The van der Waals surface area contributed by atoms with Crippen molar-refractivity contribution < 1.29 is 19.4 Å². The van der Waals surface area contributed by atoms with Crippen LogP contribution in [0.2, 0.25) is 0 Å². The molecule has 138 valence electrons. The molecule has 7 nitrogen and oxygen atoms in total. The topological polar surface area (TPSA) is 84.7 Å². The minimum absolute atomic E-state index is 0.0366. The molecule has 1 aromatic heterocycles. The van der Waals surface area contributed by atoms with Gasteiger partial charge in [-0.15, -0.1) is 0 Å². The molecule has 8 heteroatoms. The zero-order chi connectivity index (χ0) is 18.8. The van der Waals surface area contributed by atoms with Gasteiger partial charge in [-0.3, -0.25) is 4.68 Å². The van der Waals surface area contributed by atoms with Crippen LogP contribution in [0.4, 0.5) is 4.79 Å². The van der Waals surface area contributed by atoms with Crippen molar-refractivity contribution >= 4 is 28.0 Å². The smallest absolute Gasteiger partial charge is 0.410 e. The first-order chi connectivity index (χ1) is 12.3. The Balaban J connectivity index is 1.71. The minimum Gasteiger partial charge on any atom is -0.476 e. The van der Waals surface area contributed by atoms with Crippen molar-refractivity contribution in [3.63, 3.8) is 0 Å². The van der Waals surface area contributed by atoms with Crippen LogP contribution in [0.25, 0.3) is 0 Å². The second kappa shape index (κ2) is 7.49. The quantitative estimate of drug-likeness (QED) is 0.819. The molecule has 0 radical (unpaired) electrons. The summed E-state index contributed by atoms with van der Waals surface area (Å²) in [6.45, 7) is 5.56. The van der Waals surface area contributed by atoms with Gasteiger partial charge in [-0.1, -0.05) is 29.3 Å². The summed E-state index contributed by atoms with van der Waals surface area (Å²) in [5.41, 5.74) is 3.83. The summed E-state index contributed by atoms with van der Waals surface area (Å²) in [6.07, 6.45) is 0.265. The van der Waals surface area contributed by atoms with E-state index in [0.717, 1.165) is 16.7 Å². The zero-order valence-corrected chi connectivity index (χ0v) is 16.2. The number of carbonyl (C=O) groups is 2. The van der Waals surface area contributed by atoms with E-state index < -0.39 is 12.1 Å². The van der Waals surface area contributed by atoms with Gasteiger partial charge in [0.25, 0.3) is 0 Å². The molecule has 1 N–H and O–H groups in total. The Hall–Kier alpha value is -2.35. The Morgan fingerprint density at radius 3 is 2.58 bits per heavy atom. The number of carboxylic acids is 1. The first-order valence-electron chi connectivity index (χ1n) is 8.32. The summed E-state index contributed by atoms with van der Waals surface area (Å²) < 4.78 is 7.53. The van der Waals surface area contributed by atoms with Gasteiger partial charge in [0.2, 0.25) is 0 Å². The highest BCUT2D eigenvalue weighted by Gasteiger charge is 2.27. The summed E-state index contributed by atoms with van der Waals surface area (Å²) in [4.78, 5) is 25.3. The molecule has 26 heavy (non-hydrogen) atoms. The number of benzene rings is 1. The second-order valence-corrected chi connectivity index (χ2v) is 7.26. The van der Waals surface area contributed by atoms with Crippen LogP contribution < -0.4 is 0 Å². The van der Waals surface area contributed by atoms with Gasteiger partial charge in [0.1, 0.15) is 6.61 Å². The maximum absolute atomic E-state index is 12.5. The lowest BCUT2D eigenvalue weighted by atomic mass is 10.1. The van der Waals surface area contributed by atoms with Crippen LogP contribution in [0.5, 0.6) is 0 Å². The van der Waals surface area contributed by atoms with Gasteiger partial charge in [0, 0.05) is 13.1 Å². The number of carbonyl (C=O) groups excluding carboxylic acids is 1. The van der Waals surface area contributed by atoms with Crippen LogP contribution in [-0.2, 0) is 24.4 Å². The third-order valence-corrected chi connectivity index (χ3v) is 5.07. The van der Waals surface area contributed by atoms with Crippen LogP contribution in [-0.4, -0.2) is 38.4 Å². The highest BCUT2D eigenvalue weighted by Crippen LogP contribution is 2.26. The third kappa shape index (κ3) is 3.90. The van der Waals surface area contributed by atoms with Crippen LogP contribution in [0.3, 0.4) is 0 Å². The highest BCUT2D eigenvalue weighted by molar-refractivity contribution is 9.10. The summed E-state index contributed by atoms with van der Waals surface area (Å²) in [5.74, 6) is -1.10. The van der Waals surface area contributed by atoms with Gasteiger partial charge >= 0.3 is 12.1 Å². The van der Waals surface area contributed by atoms with E-state index in [2.05, 4.69) is 27.1 Å². The number of halogens is 1. The van der Waals surface area contributed by atoms with Crippen molar-refractivity contribution in [2.24, 2.45) is 0 Å². The van der Waals surface area contributed by atoms with Crippen LogP contribution in [0, 0.1) is 13.8 Å². The molecule has 0 bridgehead atoms. The molecule has 1 aliphatic heterocycles. The lowest BCUT2D eigenvalue weighted by Crippen LogP contribution is -2.31. The predicted octanol–water partition coefficient (Wildman–Crippen LogP) is 3.50. The van der Waals surface area contributed by atoms with Crippen molar-refractivity contribution in [1.29, 1.82) is 0 Å². The number of aromatic nitrogens is 2. The van der Waals surface area contributed by atoms with E-state index in [1.807, 2.05) is 26.0 Å². The van der Waals surface area contributed by atoms with Crippen molar-refractivity contribution in [3.05, 3.63) is 50.8 Å². The molecule has 0 saturated heterocycles. The fraction of sp³-hybridized carbons (Fsp3) is 0.389. The molecule has 1 aliphatic rings. The Morgan fingerprint density at radius 2 is 1.92 bits per heavy atom. The van der Waals surface area contributed by atoms with Gasteiger partial charge in [0.05, 0.1) is 16.7 Å². The monoisotopic (exact) mass is 421 g/mol. The van der Waals surface area contributed by atoms with Gasteiger partial charge in [0.15, 0.2) is 5.69 Å². The van der Waals surface area contributed by atoms with Gasteiger partial charge in [-0.05, 0) is 41.8 Å². The Kier molecular flexibility index (Phi) is 5.31. The van der Waals surface area contributed by atoms with Crippen LogP contribution in [0.1, 0.15) is 39.3 Å². The minimum atomic E-state index is -1.10. The summed E-state index contributed by atoms with van der Waals surface area (Å²) in [7, 11) is 0. The average molecular weight is 422 g/mol. The van der Waals surface area contributed by atoms with E-state index in [1.54, 1.807) is 9.58 Å². The molecule has 1 aromatic carbocycles. The maximum Gasteiger partial charge on any atom is 0.410 e. The number of rotatable bonds is 3. The number of hydrogen-bond acceptors (Lipinski definition) is 4. The summed E-state index contributed by atoms with van der Waals surface area (Å²) in [5, 5.41) is 13.3. The van der Waals surface area contributed by atoms with Crippen molar-refractivity contribution in [2.45, 2.75) is 40.0 Å². The predicted molar refractivity (Wildman–Crippen MR) is 98.0 cm³/mol. The Morgan fingerprint density at radius 1 is 1.23 bits per heavy atom. The Bertz CT molecular complexity index is 842. The van der Waals surface area contributed by atoms with E-state index in [4.69, 9.17) is 4.74 Å². The van der Waals surface area contributed by atoms with Crippen LogP contribution in [0.15, 0.2) is 22.7 Å². The fourth-order valence-corrected chi connectivity index (χ4v) is 3.74. The van der Waals surface area contributed by atoms with E-state index in [0.29, 0.717) is 29.7 Å². The average Bonchev–Trinajstić information content (AvgIpc) is 2.75. The van der Waals surface area contributed by atoms with Crippen molar-refractivity contribution in [2.75, 3.05) is 6.54 Å². The number of hydrogen-bond donors (Lipinski definition) is 1.